The number of hydrogen-bond acceptors (Lipinski definition) is 14. The van der Waals surface area contributed by atoms with Gasteiger partial charge in [0.1, 0.15) is 41.4 Å². The molecule has 2 rings (SSSR count). The van der Waals surface area contributed by atoms with Crippen LogP contribution in [-0.2, 0) is 33.2 Å². The fraction of sp³-hybridized carbons (Fsp3) is 0.857. The molecular formula is C35H65N5O12. The summed E-state index contributed by atoms with van der Waals surface area (Å²) in [6.07, 6.45) is -3.94. The average molecular weight is 748 g/mol. The molecule has 3 amide bonds. The Balaban J connectivity index is 2.33. The van der Waals surface area contributed by atoms with Gasteiger partial charge < -0.3 is 70.7 Å². The molecule has 9 N–H and O–H groups in total. The normalized spacial score (nSPS) is 24.9. The molecule has 1 aliphatic carbocycles. The van der Waals surface area contributed by atoms with Crippen LogP contribution in [0, 0.1) is 0 Å². The molecule has 0 aromatic carbocycles. The molecule has 1 fully saturated rings. The predicted molar refractivity (Wildman–Crippen MR) is 191 cm³/mol. The number of aliphatic hydroxyl groups excluding tert-OH is 3. The molecule has 52 heavy (non-hydrogen) atoms. The number of alkyl carbamates (subject to hydrolysis) is 2. The van der Waals surface area contributed by atoms with E-state index in [9.17, 15) is 29.7 Å². The van der Waals surface area contributed by atoms with Crippen LogP contribution in [0.5, 0.6) is 0 Å². The highest BCUT2D eigenvalue weighted by atomic mass is 16.7. The highest BCUT2D eigenvalue weighted by Gasteiger charge is 2.49. The Morgan fingerprint density at radius 2 is 1.67 bits per heavy atom. The molecule has 8 atom stereocenters. The molecule has 17 heteroatoms. The number of ether oxygens (including phenoxy) is 6. The lowest BCUT2D eigenvalue weighted by molar-refractivity contribution is -0.270. The first-order chi connectivity index (χ1) is 24.5. The minimum atomic E-state index is -1.49. The van der Waals surface area contributed by atoms with E-state index in [0.717, 1.165) is 6.42 Å². The van der Waals surface area contributed by atoms with Gasteiger partial charge in [-0.2, -0.15) is 0 Å². The van der Waals surface area contributed by atoms with Gasteiger partial charge in [0.2, 0.25) is 5.91 Å². The number of nitrogens with one attached hydrogen (secondary N) is 4. The van der Waals surface area contributed by atoms with Crippen molar-refractivity contribution in [3.05, 3.63) is 11.8 Å². The zero-order valence-corrected chi connectivity index (χ0v) is 32.0. The minimum absolute atomic E-state index is 0.00553. The second kappa shape index (κ2) is 22.4. The van der Waals surface area contributed by atoms with Gasteiger partial charge >= 0.3 is 12.2 Å². The summed E-state index contributed by atoms with van der Waals surface area (Å²) >= 11 is 0. The van der Waals surface area contributed by atoms with Gasteiger partial charge in [-0.3, -0.25) is 4.79 Å². The van der Waals surface area contributed by atoms with E-state index in [1.54, 1.807) is 48.5 Å². The third kappa shape index (κ3) is 17.4. The third-order valence-corrected chi connectivity index (χ3v) is 7.89. The first-order valence-electron chi connectivity index (χ1n) is 18.4. The summed E-state index contributed by atoms with van der Waals surface area (Å²) in [5.74, 6) is 0.251. The van der Waals surface area contributed by atoms with Gasteiger partial charge in [0.15, 0.2) is 12.6 Å². The molecule has 0 saturated heterocycles. The van der Waals surface area contributed by atoms with Crippen molar-refractivity contribution in [3.63, 3.8) is 0 Å². The Labute approximate surface area is 308 Å². The quantitative estimate of drug-likeness (QED) is 0.0647. The Morgan fingerprint density at radius 3 is 2.31 bits per heavy atom. The summed E-state index contributed by atoms with van der Waals surface area (Å²) in [6.45, 7) is 13.5. The lowest BCUT2D eigenvalue weighted by Gasteiger charge is -2.46. The summed E-state index contributed by atoms with van der Waals surface area (Å²) in [5.41, 5.74) is 4.10. The van der Waals surface area contributed by atoms with Gasteiger partial charge in [0.25, 0.3) is 0 Å². The second-order valence-electron chi connectivity index (χ2n) is 14.9. The van der Waals surface area contributed by atoms with Crippen LogP contribution in [0.15, 0.2) is 11.8 Å². The van der Waals surface area contributed by atoms with E-state index in [2.05, 4.69) is 21.3 Å². The fourth-order valence-corrected chi connectivity index (χ4v) is 5.57. The van der Waals surface area contributed by atoms with Gasteiger partial charge in [-0.1, -0.05) is 6.92 Å². The van der Waals surface area contributed by atoms with Crippen molar-refractivity contribution in [2.24, 2.45) is 5.73 Å². The molecule has 0 bridgehead atoms. The number of nitrogens with two attached hydrogens (primary N) is 1. The molecule has 0 aromatic rings. The molecular weight excluding hydrogens is 682 g/mol. The Hall–Kier alpha value is -2.77. The van der Waals surface area contributed by atoms with Crippen LogP contribution in [0.3, 0.4) is 0 Å². The Kier molecular flexibility index (Phi) is 19.6. The van der Waals surface area contributed by atoms with Gasteiger partial charge in [-0.25, -0.2) is 9.59 Å². The number of hydrogen-bond donors (Lipinski definition) is 8. The summed E-state index contributed by atoms with van der Waals surface area (Å²) in [7, 11) is 0. The maximum absolute atomic E-state index is 13.3. The molecule has 0 radical (unpaired) electrons. The average Bonchev–Trinajstić information content (AvgIpc) is 3.04. The van der Waals surface area contributed by atoms with Gasteiger partial charge in [-0.15, -0.1) is 0 Å². The summed E-state index contributed by atoms with van der Waals surface area (Å²) in [6, 6.07) is -1.81. The van der Waals surface area contributed by atoms with Crippen molar-refractivity contribution in [3.8, 4) is 0 Å². The van der Waals surface area contributed by atoms with Crippen molar-refractivity contribution in [2.45, 2.75) is 154 Å². The maximum Gasteiger partial charge on any atom is 0.407 e. The van der Waals surface area contributed by atoms with Crippen molar-refractivity contribution >= 4 is 18.1 Å². The third-order valence-electron chi connectivity index (χ3n) is 7.89. The van der Waals surface area contributed by atoms with E-state index < -0.39 is 78.4 Å². The topological polar surface area (TPSA) is 241 Å². The lowest BCUT2D eigenvalue weighted by Crippen LogP contribution is -2.67. The van der Waals surface area contributed by atoms with Crippen LogP contribution in [0.1, 0.15) is 93.4 Å². The number of rotatable bonds is 20. The molecule has 2 aliphatic rings. The van der Waals surface area contributed by atoms with Crippen LogP contribution in [0.25, 0.3) is 0 Å². The van der Waals surface area contributed by atoms with Crippen LogP contribution in [-0.4, -0.2) is 133 Å². The maximum atomic E-state index is 13.3. The molecule has 17 nitrogen and oxygen atoms in total. The van der Waals surface area contributed by atoms with E-state index in [-0.39, 0.29) is 45.4 Å². The molecule has 1 saturated carbocycles. The first-order valence-corrected chi connectivity index (χ1v) is 18.4. The van der Waals surface area contributed by atoms with Crippen molar-refractivity contribution in [2.75, 3.05) is 39.4 Å². The zero-order chi connectivity index (χ0) is 38.9. The number of aliphatic hydroxyl groups is 3. The van der Waals surface area contributed by atoms with E-state index in [0.29, 0.717) is 38.2 Å². The summed E-state index contributed by atoms with van der Waals surface area (Å²) in [5, 5.41) is 43.7. The van der Waals surface area contributed by atoms with Crippen molar-refractivity contribution in [1.82, 2.24) is 21.3 Å². The molecule has 0 aromatic heterocycles. The van der Waals surface area contributed by atoms with Crippen molar-refractivity contribution < 1.29 is 58.1 Å². The predicted octanol–water partition coefficient (Wildman–Crippen LogP) is 1.27. The molecule has 302 valence electrons. The van der Waals surface area contributed by atoms with Crippen LogP contribution >= 0.6 is 0 Å². The zero-order valence-electron chi connectivity index (χ0n) is 32.0. The Morgan fingerprint density at radius 1 is 1.00 bits per heavy atom. The van der Waals surface area contributed by atoms with Gasteiger partial charge in [0, 0.05) is 19.4 Å². The first kappa shape index (κ1) is 45.4. The lowest BCUT2D eigenvalue weighted by atomic mass is 9.83. The number of amides is 3. The van der Waals surface area contributed by atoms with Crippen LogP contribution in [0.4, 0.5) is 9.59 Å². The Bertz CT molecular complexity index is 1110. The highest BCUT2D eigenvalue weighted by Crippen LogP contribution is 2.31. The molecule has 0 unspecified atom stereocenters. The summed E-state index contributed by atoms with van der Waals surface area (Å²) in [4.78, 5) is 38.4. The molecule has 0 spiro atoms. The van der Waals surface area contributed by atoms with E-state index in [4.69, 9.17) is 34.2 Å². The van der Waals surface area contributed by atoms with Crippen molar-refractivity contribution in [1.29, 1.82) is 0 Å². The standard InChI is InChI=1S/C35H65N5O12/c1-8-25(42)31(47-19-18-41)50-30-23(39-26(43)13-10-17-38-32(45)51-34(2,3)4)20-24(40-33(46)52-35(5,6)7)29(28(30)44)49-27-14-9-12-22(48-27)21-37-16-11-15-36/h12,23-25,27-31,37,41-42,44H,8-11,13-21,36H2,1-7H3,(H,38,45)(H,39,43)(H,40,46)/t23-,24+,25-,27-,28+,29-,30+,31-/m1/s1. The smallest absolute Gasteiger partial charge is 0.407 e. The van der Waals surface area contributed by atoms with Crippen LogP contribution in [0.2, 0.25) is 0 Å². The number of allylic oxidation sites excluding steroid dienone is 1. The number of carbonyl (C=O) groups is 3. The fourth-order valence-electron chi connectivity index (χ4n) is 5.57. The largest absolute Gasteiger partial charge is 0.468 e. The highest BCUT2D eigenvalue weighted by molar-refractivity contribution is 5.76. The summed E-state index contributed by atoms with van der Waals surface area (Å²) < 4.78 is 35.1. The second-order valence-corrected chi connectivity index (χ2v) is 14.9. The van der Waals surface area contributed by atoms with Gasteiger partial charge in [0.05, 0.1) is 31.8 Å². The van der Waals surface area contributed by atoms with Crippen LogP contribution < -0.4 is 27.0 Å². The minimum Gasteiger partial charge on any atom is -0.468 e. The van der Waals surface area contributed by atoms with E-state index in [1.165, 1.54) is 0 Å². The van der Waals surface area contributed by atoms with E-state index >= 15 is 0 Å². The molecule has 1 aliphatic heterocycles. The SMILES string of the molecule is CC[C@@H](O)[C@H](OCCO)O[C@@H]1[C@@H](O)[C@H](O[C@@H]2CCC=C(CNCCCN)O2)[C@@H](NC(=O)OC(C)(C)C)C[C@H]1NC(=O)CCCNC(=O)OC(C)(C)C. The number of carbonyl (C=O) groups excluding carboxylic acids is 3. The van der Waals surface area contributed by atoms with Gasteiger partial charge in [-0.05, 0) is 92.8 Å². The monoisotopic (exact) mass is 747 g/mol. The molecule has 1 heterocycles. The van der Waals surface area contributed by atoms with E-state index in [1.807, 2.05) is 6.08 Å².